The SMILES string of the molecule is Cc1cc2c3c(c1)C(C)c1c(cccc1C1(c4ccccc4C)c4ccccc4-c4ccccc41)B3n1c3c(c4cccc-2c41)C(C)(C)c1ccccc1-3. The van der Waals surface area contributed by atoms with Crippen LogP contribution in [0.2, 0.25) is 0 Å². The first-order valence-electron chi connectivity index (χ1n) is 19.6. The number of rotatable bonds is 2. The average Bonchev–Trinajstić information content (AvgIpc) is 3.78. The molecule has 0 saturated heterocycles. The molecule has 12 rings (SSSR count). The molecule has 1 aromatic heterocycles. The van der Waals surface area contributed by atoms with Crippen molar-refractivity contribution in [3.05, 3.63) is 201 Å². The van der Waals surface area contributed by atoms with Crippen molar-refractivity contribution in [2.24, 2.45) is 0 Å². The topological polar surface area (TPSA) is 4.93 Å². The van der Waals surface area contributed by atoms with E-state index in [-0.39, 0.29) is 18.2 Å². The van der Waals surface area contributed by atoms with Crippen LogP contribution in [-0.4, -0.2) is 11.3 Å². The lowest BCUT2D eigenvalue weighted by Crippen LogP contribution is -2.58. The van der Waals surface area contributed by atoms with Crippen molar-refractivity contribution in [1.82, 2.24) is 4.48 Å². The lowest BCUT2D eigenvalue weighted by molar-refractivity contribution is 0.666. The van der Waals surface area contributed by atoms with Crippen molar-refractivity contribution in [3.8, 4) is 33.5 Å². The van der Waals surface area contributed by atoms with E-state index >= 15 is 0 Å². The first-order chi connectivity index (χ1) is 26.3. The zero-order valence-corrected chi connectivity index (χ0v) is 31.5. The van der Waals surface area contributed by atoms with Gasteiger partial charge in [-0.2, -0.15) is 0 Å². The van der Waals surface area contributed by atoms with Gasteiger partial charge in [-0.15, -0.1) is 0 Å². The Morgan fingerprint density at radius 2 is 1.15 bits per heavy atom. The second-order valence-electron chi connectivity index (χ2n) is 16.9. The van der Waals surface area contributed by atoms with E-state index in [2.05, 4.69) is 185 Å². The fourth-order valence-electron chi connectivity index (χ4n) is 12.0. The number of aromatic nitrogens is 1. The molecule has 0 saturated carbocycles. The Balaban J connectivity index is 1.26. The summed E-state index contributed by atoms with van der Waals surface area (Å²) in [5.41, 5.74) is 26.0. The number of benzene rings is 7. The summed E-state index contributed by atoms with van der Waals surface area (Å²) in [5.74, 6) is 0.190. The van der Waals surface area contributed by atoms with Gasteiger partial charge in [-0.1, -0.05) is 172 Å². The van der Waals surface area contributed by atoms with Crippen LogP contribution in [0.25, 0.3) is 44.4 Å². The van der Waals surface area contributed by atoms with Crippen LogP contribution in [0.1, 0.15) is 82.3 Å². The molecule has 0 spiro atoms. The van der Waals surface area contributed by atoms with Gasteiger partial charge < -0.3 is 4.48 Å². The Bertz CT molecular complexity index is 2930. The monoisotopic (exact) mass is 689 g/mol. The maximum Gasteiger partial charge on any atom is 0.329 e. The van der Waals surface area contributed by atoms with E-state index in [0.717, 1.165) is 0 Å². The molecular weight excluding hydrogens is 649 g/mol. The highest BCUT2D eigenvalue weighted by Crippen LogP contribution is 2.59. The second kappa shape index (κ2) is 10.2. The zero-order valence-electron chi connectivity index (χ0n) is 31.5. The lowest BCUT2D eigenvalue weighted by atomic mass is 9.40. The predicted octanol–water partition coefficient (Wildman–Crippen LogP) is 11.0. The van der Waals surface area contributed by atoms with Gasteiger partial charge in [0.2, 0.25) is 0 Å². The van der Waals surface area contributed by atoms with Gasteiger partial charge in [0.1, 0.15) is 0 Å². The smallest absolute Gasteiger partial charge is 0.329 e. The molecule has 2 heteroatoms. The van der Waals surface area contributed by atoms with E-state index in [0.29, 0.717) is 0 Å². The van der Waals surface area contributed by atoms with E-state index in [1.165, 1.54) is 111 Å². The number of aryl methyl sites for hydroxylation is 2. The van der Waals surface area contributed by atoms with Gasteiger partial charge in [0.05, 0.1) is 5.41 Å². The summed E-state index contributed by atoms with van der Waals surface area (Å²) in [6, 6.07) is 56.1. The molecule has 8 aromatic rings. The summed E-state index contributed by atoms with van der Waals surface area (Å²) < 4.78 is 2.79. The summed E-state index contributed by atoms with van der Waals surface area (Å²) >= 11 is 0. The van der Waals surface area contributed by atoms with Crippen LogP contribution in [0.5, 0.6) is 0 Å². The molecule has 54 heavy (non-hydrogen) atoms. The fourth-order valence-corrected chi connectivity index (χ4v) is 12.0. The largest absolute Gasteiger partial charge is 0.375 e. The summed E-state index contributed by atoms with van der Waals surface area (Å²) in [7, 11) is 0. The molecule has 0 bridgehead atoms. The molecule has 1 atom stereocenters. The molecule has 3 heterocycles. The Labute approximate surface area is 318 Å². The summed E-state index contributed by atoms with van der Waals surface area (Å²) in [5, 5.41) is 1.39. The van der Waals surface area contributed by atoms with Crippen molar-refractivity contribution in [2.75, 3.05) is 0 Å². The molecular formula is C52H40BN. The Hall–Kier alpha value is -5.86. The van der Waals surface area contributed by atoms with Crippen molar-refractivity contribution in [2.45, 2.75) is 51.4 Å². The van der Waals surface area contributed by atoms with Crippen molar-refractivity contribution >= 4 is 28.7 Å². The highest BCUT2D eigenvalue weighted by molar-refractivity contribution is 6.88. The third-order valence-electron chi connectivity index (χ3n) is 13.9. The minimum atomic E-state index is -0.475. The fraction of sp³-hybridized carbons (Fsp3) is 0.154. The third kappa shape index (κ3) is 3.41. The Morgan fingerprint density at radius 1 is 0.556 bits per heavy atom. The van der Waals surface area contributed by atoms with E-state index in [1.54, 1.807) is 0 Å². The molecule has 0 amide bonds. The molecule has 256 valence electrons. The molecule has 0 fully saturated rings. The third-order valence-corrected chi connectivity index (χ3v) is 13.9. The zero-order chi connectivity index (χ0) is 36.2. The van der Waals surface area contributed by atoms with Crippen LogP contribution in [0, 0.1) is 13.8 Å². The number of hydrogen-bond donors (Lipinski definition) is 0. The van der Waals surface area contributed by atoms with Gasteiger partial charge in [-0.3, -0.25) is 0 Å². The molecule has 1 unspecified atom stereocenters. The van der Waals surface area contributed by atoms with Gasteiger partial charge in [0, 0.05) is 39.1 Å². The Kier molecular flexibility index (Phi) is 5.79. The van der Waals surface area contributed by atoms with E-state index in [1.807, 2.05) is 0 Å². The number of nitrogens with zero attached hydrogens (tertiary/aromatic N) is 1. The number of fused-ring (bicyclic) bond motifs is 12. The molecule has 7 aromatic carbocycles. The summed E-state index contributed by atoms with van der Waals surface area (Å²) in [6.45, 7) is 12.0. The van der Waals surface area contributed by atoms with E-state index in [9.17, 15) is 0 Å². The maximum absolute atomic E-state index is 2.79. The summed E-state index contributed by atoms with van der Waals surface area (Å²) in [4.78, 5) is 0. The maximum atomic E-state index is 2.79. The van der Waals surface area contributed by atoms with Gasteiger partial charge in [-0.05, 0) is 91.5 Å². The quantitative estimate of drug-likeness (QED) is 0.159. The van der Waals surface area contributed by atoms with Crippen LogP contribution < -0.4 is 10.9 Å². The molecule has 0 radical (unpaired) electrons. The van der Waals surface area contributed by atoms with Crippen LogP contribution >= 0.6 is 0 Å². The molecule has 4 aliphatic rings. The molecule has 2 aliphatic carbocycles. The summed E-state index contributed by atoms with van der Waals surface area (Å²) in [6.07, 6.45) is 0. The first kappa shape index (κ1) is 30.6. The van der Waals surface area contributed by atoms with Gasteiger partial charge in [0.15, 0.2) is 0 Å². The minimum absolute atomic E-state index is 0.0469. The van der Waals surface area contributed by atoms with Gasteiger partial charge >= 0.3 is 6.85 Å². The molecule has 2 aliphatic heterocycles. The highest BCUT2D eigenvalue weighted by atomic mass is 15.0. The van der Waals surface area contributed by atoms with Crippen LogP contribution in [0.3, 0.4) is 0 Å². The van der Waals surface area contributed by atoms with Crippen LogP contribution in [0.15, 0.2) is 146 Å². The number of para-hydroxylation sites is 1. The Morgan fingerprint density at radius 3 is 1.87 bits per heavy atom. The van der Waals surface area contributed by atoms with Crippen molar-refractivity contribution in [1.29, 1.82) is 0 Å². The van der Waals surface area contributed by atoms with Crippen LogP contribution in [-0.2, 0) is 10.8 Å². The normalized spacial score (nSPS) is 17.1. The lowest BCUT2D eigenvalue weighted by Gasteiger charge is -2.43. The highest BCUT2D eigenvalue weighted by Gasteiger charge is 2.52. The minimum Gasteiger partial charge on any atom is -0.375 e. The molecule has 0 N–H and O–H groups in total. The molecule has 1 nitrogen and oxygen atoms in total. The van der Waals surface area contributed by atoms with Gasteiger partial charge in [0.25, 0.3) is 0 Å². The number of hydrogen-bond acceptors (Lipinski definition) is 0. The van der Waals surface area contributed by atoms with Crippen molar-refractivity contribution < 1.29 is 0 Å². The second-order valence-corrected chi connectivity index (χ2v) is 16.9. The standard InChI is InChI=1S/C52H40BN/c1-30-28-38-32(3)46-44(52(40-22-10-6-16-31(40)2)42-24-12-7-17-33(42)34-18-8-13-25-43(34)52)26-15-27-45(46)53-48(38)39(29-30)35-20-14-21-37-47-50(54(53)49(35)37)36-19-9-11-23-41(36)51(47,4)5/h6-29,32H,1-5H3. The van der Waals surface area contributed by atoms with Crippen LogP contribution in [0.4, 0.5) is 0 Å². The van der Waals surface area contributed by atoms with E-state index in [4.69, 9.17) is 0 Å². The van der Waals surface area contributed by atoms with Crippen molar-refractivity contribution in [3.63, 3.8) is 0 Å². The van der Waals surface area contributed by atoms with E-state index < -0.39 is 5.41 Å². The predicted molar refractivity (Wildman–Crippen MR) is 226 cm³/mol. The van der Waals surface area contributed by atoms with Gasteiger partial charge in [-0.25, -0.2) is 0 Å². The first-order valence-corrected chi connectivity index (χ1v) is 19.6. The average molecular weight is 690 g/mol.